The number of carbonyl (C=O) groups is 4. The van der Waals surface area contributed by atoms with Gasteiger partial charge in [0.15, 0.2) is 5.49 Å². The van der Waals surface area contributed by atoms with Gasteiger partial charge in [-0.2, -0.15) is 54.0 Å². The molecule has 0 saturated heterocycles. The molecule has 8 N–H and O–H groups in total. The van der Waals surface area contributed by atoms with E-state index in [-0.39, 0.29) is 108 Å². The van der Waals surface area contributed by atoms with Crippen LogP contribution < -0.4 is 42.7 Å². The van der Waals surface area contributed by atoms with Gasteiger partial charge in [-0.1, -0.05) is 100 Å². The van der Waals surface area contributed by atoms with Crippen molar-refractivity contribution in [2.45, 2.75) is 79.1 Å². The molecule has 4 atom stereocenters. The van der Waals surface area contributed by atoms with Gasteiger partial charge < -0.3 is 42.2 Å². The molecule has 0 radical (unpaired) electrons. The lowest BCUT2D eigenvalue weighted by molar-refractivity contribution is 0.0956. The summed E-state index contributed by atoms with van der Waals surface area (Å²) in [5, 5.41) is 24.3. The van der Waals surface area contributed by atoms with Crippen LogP contribution in [0.1, 0.15) is 139 Å². The molecule has 0 aliphatic carbocycles. The Balaban J connectivity index is 0.000000192. The SMILES string of the molecule is CNC(=O)c1ccnc2c([C@H](C)CNc3cc(-c4ccc(C)nc4)ncn3)cccc12.CNC(=O)c1ccnc2c([C@H](C)CNc3cc(-c4ccc(C)nc4)ncn3)cccc12.CNC(=O)c1ccnc2c([C@H](C)CNc3cc(-c4cnc(C)nc4)ncn3)cccc12.S.S.S.S.[2H]c1nc(=NC[C@@H](C)c2cccc3c(C(=O)NC)ccnc23)cc(-c2ccc(C)nc2)[nH]1. The van der Waals surface area contributed by atoms with E-state index < -0.39 is 0 Å². The molecule has 16 aromatic rings. The lowest BCUT2D eigenvalue weighted by atomic mass is 9.96. The predicted octanol–water partition coefficient (Wildman–Crippen LogP) is 15.1. The van der Waals surface area contributed by atoms with Crippen molar-refractivity contribution in [3.8, 4) is 45.0 Å². The third-order valence-electron chi connectivity index (χ3n) is 20.9. The van der Waals surface area contributed by atoms with Crippen LogP contribution in [0.2, 0.25) is 0 Å². The maximum absolute atomic E-state index is 12.2. The van der Waals surface area contributed by atoms with E-state index in [1.807, 2.05) is 161 Å². The van der Waals surface area contributed by atoms with Crippen LogP contribution >= 0.6 is 54.0 Å². The van der Waals surface area contributed by atoms with Crippen LogP contribution in [0.3, 0.4) is 0 Å². The van der Waals surface area contributed by atoms with Gasteiger partial charge in [0.25, 0.3) is 23.6 Å². The Morgan fingerprint density at radius 2 is 0.664 bits per heavy atom. The topological polar surface area (TPSA) is 387 Å². The first-order valence-corrected chi connectivity index (χ1v) is 40.4. The van der Waals surface area contributed by atoms with Gasteiger partial charge in [-0.05, 0) is 111 Å². The zero-order valence-electron chi connectivity index (χ0n) is 73.8. The highest BCUT2D eigenvalue weighted by Crippen LogP contribution is 2.33. The maximum atomic E-state index is 12.2. The lowest BCUT2D eigenvalue weighted by Gasteiger charge is -2.16. The number of carbonyl (C=O) groups excluding carboxylic acids is 4. The van der Waals surface area contributed by atoms with Crippen molar-refractivity contribution in [1.82, 2.24) is 106 Å². The molecule has 0 bridgehead atoms. The van der Waals surface area contributed by atoms with Crippen LogP contribution in [-0.4, -0.2) is 163 Å². The molecule has 12 heterocycles. The van der Waals surface area contributed by atoms with Gasteiger partial charge in [0.2, 0.25) is 0 Å². The average Bonchev–Trinajstić information content (AvgIpc) is 0.798. The van der Waals surface area contributed by atoms with Crippen LogP contribution in [0.25, 0.3) is 88.6 Å². The minimum atomic E-state index is -0.141. The number of nitrogens with zero attached hydrogens (tertiary/aromatic N) is 17. The number of rotatable bonds is 23. The third kappa shape index (κ3) is 24.3. The summed E-state index contributed by atoms with van der Waals surface area (Å²) in [4.78, 5) is 126. The highest BCUT2D eigenvalue weighted by atomic mass is 32.1. The van der Waals surface area contributed by atoms with E-state index in [0.29, 0.717) is 59.7 Å². The number of para-hydroxylation sites is 4. The van der Waals surface area contributed by atoms with Crippen molar-refractivity contribution in [1.29, 1.82) is 0 Å². The van der Waals surface area contributed by atoms with E-state index in [2.05, 4.69) is 167 Å². The first kappa shape index (κ1) is 96.1. The molecule has 0 unspecified atom stereocenters. The molecule has 0 aliphatic heterocycles. The number of hydrogen-bond acceptors (Lipinski definition) is 24. The second kappa shape index (κ2) is 46.7. The van der Waals surface area contributed by atoms with E-state index in [4.69, 9.17) is 1.37 Å². The van der Waals surface area contributed by atoms with E-state index in [0.717, 1.165) is 145 Å². The largest absolute Gasteiger partial charge is 0.369 e. The van der Waals surface area contributed by atoms with Gasteiger partial charge in [0.05, 0.1) is 73.4 Å². The number of fused-ring (bicyclic) bond motifs is 4. The molecular weight excluding hydrogens is 1680 g/mol. The monoisotopic (exact) mass is 1790 g/mol. The number of amides is 4. The van der Waals surface area contributed by atoms with Gasteiger partial charge in [-0.25, -0.2) is 44.9 Å². The molecule has 0 saturated carbocycles. The average molecular weight is 1790 g/mol. The summed E-state index contributed by atoms with van der Waals surface area (Å²) >= 11 is 0. The molecule has 4 amide bonds. The minimum Gasteiger partial charge on any atom is -0.369 e. The van der Waals surface area contributed by atoms with Crippen LogP contribution in [0.15, 0.2) is 244 Å². The maximum Gasteiger partial charge on any atom is 0.251 e. The zero-order valence-corrected chi connectivity index (χ0v) is 76.8. The second-order valence-electron chi connectivity index (χ2n) is 29.5. The predicted molar refractivity (Wildman–Crippen MR) is 526 cm³/mol. The zero-order chi connectivity index (χ0) is 88.0. The van der Waals surface area contributed by atoms with E-state index in [9.17, 15) is 19.2 Å². The van der Waals surface area contributed by atoms with Crippen LogP contribution in [0.5, 0.6) is 0 Å². The molecule has 0 aliphatic rings. The van der Waals surface area contributed by atoms with Gasteiger partial charge in [-0.3, -0.25) is 59.1 Å². The van der Waals surface area contributed by atoms with E-state index >= 15 is 0 Å². The smallest absolute Gasteiger partial charge is 0.251 e. The number of aromatic nitrogens is 17. The molecular formula is C95H103N25O4S4. The number of hydrogen-bond donors (Lipinski definition) is 8. The van der Waals surface area contributed by atoms with Crippen LogP contribution in [0, 0.1) is 27.7 Å². The Kier molecular flexibility index (Phi) is 35.1. The first-order chi connectivity index (χ1) is 60.6. The third-order valence-corrected chi connectivity index (χ3v) is 20.9. The van der Waals surface area contributed by atoms with E-state index in [1.54, 1.807) is 108 Å². The standard InChI is InChI=1S/3C24H24N6O.C23H23N7O.4H2S/c3*1-15(18-5-4-6-19-20(24(31)25-3)9-10-26-23(18)19)12-28-22-11-21(29-14-30-22)17-8-7-16(2)27-13-17;1-14(17-5-4-6-18-19(23(31)24-3)7-8-25-22(17)18)10-28-21-9-20(29-13-30-21)16-11-26-15(2)27-12-16;;;;/h3*4-11,13-15H,12H2,1-3H3,(H,25,31)(H,28,29,30);4-9,11-14H,10H2,1-3H3,(H,24,31)(H,28,29,30);4*1H2/t3*15-;14-;;;;/m1111..../s1/i14D;;;;;;;. The lowest BCUT2D eigenvalue weighted by Crippen LogP contribution is -2.18. The summed E-state index contributed by atoms with van der Waals surface area (Å²) in [6, 6.07) is 50.0. The fraction of sp³-hybridized carbons (Fsp3) is 0.211. The van der Waals surface area contributed by atoms with Crippen molar-refractivity contribution in [3.63, 3.8) is 0 Å². The Hall–Kier alpha value is -14.2. The number of H-pyrrole nitrogens is 1. The Labute approximate surface area is 771 Å². The fourth-order valence-corrected chi connectivity index (χ4v) is 14.0. The molecule has 0 fully saturated rings. The van der Waals surface area contributed by atoms with Gasteiger partial charge in [0.1, 0.15) is 43.6 Å². The highest BCUT2D eigenvalue weighted by molar-refractivity contribution is 7.59. The summed E-state index contributed by atoms with van der Waals surface area (Å²) in [6.45, 7) is 18.6. The Bertz CT molecular complexity index is 6170. The summed E-state index contributed by atoms with van der Waals surface area (Å²) in [7, 11) is 6.51. The molecule has 656 valence electrons. The van der Waals surface area contributed by atoms with Crippen molar-refractivity contribution >= 4 is 139 Å². The summed E-state index contributed by atoms with van der Waals surface area (Å²) in [5.74, 6) is 2.91. The number of pyridine rings is 7. The van der Waals surface area contributed by atoms with Crippen LogP contribution in [-0.2, 0) is 0 Å². The van der Waals surface area contributed by atoms with Crippen LogP contribution in [0.4, 0.5) is 17.5 Å². The van der Waals surface area contributed by atoms with Crippen molar-refractivity contribution in [2.24, 2.45) is 4.99 Å². The number of aromatic amines is 1. The number of benzene rings is 4. The van der Waals surface area contributed by atoms with Crippen molar-refractivity contribution < 1.29 is 20.5 Å². The number of nitrogens with one attached hydrogen (secondary N) is 8. The number of aryl methyl sites for hydroxylation is 4. The Morgan fingerprint density at radius 1 is 0.352 bits per heavy atom. The van der Waals surface area contributed by atoms with E-state index in [1.165, 1.54) is 6.33 Å². The number of anilines is 3. The Morgan fingerprint density at radius 3 is 0.984 bits per heavy atom. The normalized spacial score (nSPS) is 11.8. The quantitative estimate of drug-likeness (QED) is 0.0295. The van der Waals surface area contributed by atoms with Crippen molar-refractivity contribution in [3.05, 3.63) is 312 Å². The molecule has 33 heteroatoms. The second-order valence-corrected chi connectivity index (χ2v) is 29.5. The first-order valence-electron chi connectivity index (χ1n) is 40.9. The van der Waals surface area contributed by atoms with Gasteiger partial charge in [-0.15, -0.1) is 0 Å². The summed E-state index contributed by atoms with van der Waals surface area (Å²) in [6.07, 6.45) is 20.3. The summed E-state index contributed by atoms with van der Waals surface area (Å²) in [5.41, 5.74) is 20.1. The molecule has 4 aromatic carbocycles. The molecule has 128 heavy (non-hydrogen) atoms. The molecule has 29 nitrogen and oxygen atoms in total. The highest BCUT2D eigenvalue weighted by Gasteiger charge is 2.22. The molecule has 16 rings (SSSR count). The molecule has 0 spiro atoms. The molecule has 12 aromatic heterocycles. The fourth-order valence-electron chi connectivity index (χ4n) is 14.0. The van der Waals surface area contributed by atoms with Gasteiger partial charge >= 0.3 is 0 Å². The van der Waals surface area contributed by atoms with Gasteiger partial charge in [0, 0.05) is 219 Å². The van der Waals surface area contributed by atoms with Crippen molar-refractivity contribution in [2.75, 3.05) is 70.3 Å². The summed E-state index contributed by atoms with van der Waals surface area (Å²) < 4.78 is 8.01. The minimum absolute atomic E-state index is 0.